The third-order valence-electron chi connectivity index (χ3n) is 1.71. The number of alkyl halides is 4. The molecule has 6 heteroatoms. The summed E-state index contributed by atoms with van der Waals surface area (Å²) in [5.41, 5.74) is 0. The van der Waals surface area contributed by atoms with Crippen molar-refractivity contribution in [3.05, 3.63) is 0 Å². The van der Waals surface area contributed by atoms with E-state index in [1.165, 1.54) is 0 Å². The normalized spacial score (nSPS) is 44.0. The molecule has 11 heavy (non-hydrogen) atoms. The van der Waals surface area contributed by atoms with Gasteiger partial charge in [-0.1, -0.05) is 95.6 Å². The summed E-state index contributed by atoms with van der Waals surface area (Å²) in [4.78, 5) is 0. The predicted molar refractivity (Wildman–Crippen MR) is 90.3 cm³/mol. The Labute approximate surface area is 141 Å². The average molecular weight is 610 g/mol. The Balaban J connectivity index is 0.000001000. The molecule has 0 saturated carbocycles. The van der Waals surface area contributed by atoms with Crippen molar-refractivity contribution in [3.63, 3.8) is 0 Å². The molecular formula is C5H8AlI4Li. The minimum atomic E-state index is 0. The molecule has 0 aromatic rings. The molecule has 4 unspecified atom stereocenters. The van der Waals surface area contributed by atoms with E-state index in [1.807, 2.05) is 0 Å². The zero-order valence-electron chi connectivity index (χ0n) is 5.24. The van der Waals surface area contributed by atoms with Gasteiger partial charge in [-0.2, -0.15) is 0 Å². The number of halogens is 4. The van der Waals surface area contributed by atoms with Crippen LogP contribution in [0, 0.1) is 0 Å². The van der Waals surface area contributed by atoms with Crippen molar-refractivity contribution >= 4 is 124 Å². The van der Waals surface area contributed by atoms with E-state index in [9.17, 15) is 0 Å². The topological polar surface area (TPSA) is 0 Å². The van der Waals surface area contributed by atoms with Crippen LogP contribution >= 0.6 is 90.4 Å². The second-order valence-electron chi connectivity index (χ2n) is 2.50. The summed E-state index contributed by atoms with van der Waals surface area (Å²) in [6.07, 6.45) is 0. The van der Waals surface area contributed by atoms with Crippen LogP contribution in [0.5, 0.6) is 0 Å². The van der Waals surface area contributed by atoms with Crippen LogP contribution in [0.15, 0.2) is 0 Å². The molecule has 0 nitrogen and oxygen atoms in total. The SMILES string of the molecule is IC1[CH2][AlH][CH](I)C(I)C1I.[LiH]. The maximum absolute atomic E-state index is 2.65. The van der Waals surface area contributed by atoms with Gasteiger partial charge in [0.2, 0.25) is 0 Å². The maximum atomic E-state index is 2.65. The van der Waals surface area contributed by atoms with Crippen molar-refractivity contribution in [2.24, 2.45) is 0 Å². The van der Waals surface area contributed by atoms with E-state index in [-0.39, 0.29) is 34.1 Å². The van der Waals surface area contributed by atoms with Gasteiger partial charge in [0.05, 0.1) is 0 Å². The summed E-state index contributed by atoms with van der Waals surface area (Å²) in [5.74, 6) is 0. The quantitative estimate of drug-likeness (QED) is 0.225. The summed E-state index contributed by atoms with van der Waals surface area (Å²) < 4.78 is 3.88. The van der Waals surface area contributed by atoms with Crippen LogP contribution < -0.4 is 0 Å². The van der Waals surface area contributed by atoms with Crippen molar-refractivity contribution in [3.8, 4) is 0 Å². The Hall–Kier alpha value is 4.05. The third kappa shape index (κ3) is 4.60. The second kappa shape index (κ2) is 7.34. The van der Waals surface area contributed by atoms with Gasteiger partial charge in [-0.25, -0.2) is 0 Å². The fourth-order valence-corrected chi connectivity index (χ4v) is 11.0. The van der Waals surface area contributed by atoms with E-state index in [1.54, 1.807) is 5.28 Å². The van der Waals surface area contributed by atoms with Crippen LogP contribution in [-0.2, 0) is 0 Å². The molecule has 1 rings (SSSR count). The Kier molecular flexibility index (Phi) is 10.0. The number of hydrogen-bond acceptors (Lipinski definition) is 0. The van der Waals surface area contributed by atoms with Crippen LogP contribution in [-0.4, -0.2) is 48.6 Å². The van der Waals surface area contributed by atoms with Gasteiger partial charge in [-0.3, -0.25) is 0 Å². The van der Waals surface area contributed by atoms with Gasteiger partial charge in [0.25, 0.3) is 15.2 Å². The van der Waals surface area contributed by atoms with Crippen molar-refractivity contribution in [2.45, 2.75) is 19.8 Å². The molecule has 1 aliphatic heterocycles. The molecule has 60 valence electrons. The summed E-state index contributed by atoms with van der Waals surface area (Å²) >= 11 is 10.8. The van der Waals surface area contributed by atoms with Gasteiger partial charge >= 0.3 is 18.9 Å². The summed E-state index contributed by atoms with van der Waals surface area (Å²) in [7, 11) is 0. The zero-order valence-corrected chi connectivity index (χ0v) is 15.3. The van der Waals surface area contributed by atoms with Gasteiger partial charge in [0, 0.05) is 11.8 Å². The first-order valence-electron chi connectivity index (χ1n) is 3.19. The standard InChI is InChI=1S/C5H6I4.Al.Li.2H/c1-3(7)5(9)4(8)2-6;;;;/h2-5H,1H2;;;;. The molecular weight excluding hydrogens is 602 g/mol. The fourth-order valence-electron chi connectivity index (χ4n) is 1.04. The average Bonchev–Trinajstić information content (AvgIpc) is 1.93. The van der Waals surface area contributed by atoms with E-state index in [2.05, 4.69) is 90.4 Å². The molecule has 0 aliphatic carbocycles. The molecule has 0 aromatic heterocycles. The van der Waals surface area contributed by atoms with Gasteiger partial charge in [0.15, 0.2) is 0 Å². The van der Waals surface area contributed by atoms with Crippen molar-refractivity contribution in [1.29, 1.82) is 0 Å². The molecule has 1 fully saturated rings. The Morgan fingerprint density at radius 3 is 2.00 bits per heavy atom. The van der Waals surface area contributed by atoms with Crippen molar-refractivity contribution in [2.75, 3.05) is 0 Å². The Bertz CT molecular complexity index is 111. The molecule has 1 saturated heterocycles. The molecule has 1 heterocycles. The monoisotopic (exact) mass is 610 g/mol. The van der Waals surface area contributed by atoms with Crippen LogP contribution in [0.1, 0.15) is 0 Å². The zero-order chi connectivity index (χ0) is 7.72. The fraction of sp³-hybridized carbons (Fsp3) is 1.00. The van der Waals surface area contributed by atoms with Gasteiger partial charge in [-0.05, 0) is 2.79 Å². The van der Waals surface area contributed by atoms with Crippen LogP contribution in [0.2, 0.25) is 5.28 Å². The van der Waals surface area contributed by atoms with E-state index in [0.717, 1.165) is 14.6 Å². The van der Waals surface area contributed by atoms with E-state index >= 15 is 0 Å². The molecule has 0 bridgehead atoms. The molecule has 0 spiro atoms. The minimum absolute atomic E-state index is 0. The first-order valence-corrected chi connectivity index (χ1v) is 9.99. The van der Waals surface area contributed by atoms with Crippen molar-refractivity contribution < 1.29 is 0 Å². The van der Waals surface area contributed by atoms with Gasteiger partial charge < -0.3 is 0 Å². The summed E-state index contributed by atoms with van der Waals surface area (Å²) in [5, 5.41) is 1.56. The van der Waals surface area contributed by atoms with E-state index in [4.69, 9.17) is 0 Å². The molecule has 0 amide bonds. The van der Waals surface area contributed by atoms with Crippen LogP contribution in [0.4, 0.5) is 0 Å². The molecule has 4 atom stereocenters. The number of rotatable bonds is 0. The van der Waals surface area contributed by atoms with Gasteiger partial charge in [0.1, 0.15) is 0 Å². The predicted octanol–water partition coefficient (Wildman–Crippen LogP) is 2.38. The van der Waals surface area contributed by atoms with Crippen LogP contribution in [0.3, 0.4) is 0 Å². The second-order valence-corrected chi connectivity index (χ2v) is 12.3. The van der Waals surface area contributed by atoms with E-state index < -0.39 is 0 Å². The van der Waals surface area contributed by atoms with Gasteiger partial charge in [-0.15, -0.1) is 0 Å². The van der Waals surface area contributed by atoms with Crippen molar-refractivity contribution in [1.82, 2.24) is 0 Å². The third-order valence-corrected chi connectivity index (χ3v) is 17.3. The first-order chi connectivity index (χ1) is 4.63. The summed E-state index contributed by atoms with van der Waals surface area (Å²) in [6, 6.07) is 0. The molecule has 1 aliphatic rings. The summed E-state index contributed by atoms with van der Waals surface area (Å²) in [6.45, 7) is 0. The Morgan fingerprint density at radius 1 is 1.00 bits per heavy atom. The molecule has 0 aromatic carbocycles. The van der Waals surface area contributed by atoms with E-state index in [0.29, 0.717) is 0 Å². The van der Waals surface area contributed by atoms with Crippen LogP contribution in [0.25, 0.3) is 0 Å². The molecule has 0 radical (unpaired) electrons. The number of hydrogen-bond donors (Lipinski definition) is 0. The Morgan fingerprint density at radius 2 is 1.55 bits per heavy atom. The first kappa shape index (κ1) is 15.0. The molecule has 0 N–H and O–H groups in total.